The van der Waals surface area contributed by atoms with E-state index in [0.717, 1.165) is 72.3 Å². The number of nitrogens with one attached hydrogen (secondary N) is 3. The van der Waals surface area contributed by atoms with Crippen LogP contribution in [-0.2, 0) is 24.5 Å². The van der Waals surface area contributed by atoms with Gasteiger partial charge in [0.2, 0.25) is 5.91 Å². The van der Waals surface area contributed by atoms with E-state index in [2.05, 4.69) is 64.5 Å². The number of amides is 3. The Bertz CT molecular complexity index is 2880. The molecule has 5 aliphatic carbocycles. The van der Waals surface area contributed by atoms with Crippen LogP contribution in [-0.4, -0.2) is 48.9 Å². The molecule has 65 heavy (non-hydrogen) atoms. The second kappa shape index (κ2) is 15.7. The monoisotopic (exact) mass is 857 g/mol. The van der Waals surface area contributed by atoms with Gasteiger partial charge in [-0.25, -0.2) is 9.59 Å². The van der Waals surface area contributed by atoms with Crippen LogP contribution >= 0.6 is 0 Å². The summed E-state index contributed by atoms with van der Waals surface area (Å²) in [6, 6.07) is 49.8. The molecule has 0 aliphatic heterocycles. The summed E-state index contributed by atoms with van der Waals surface area (Å²) >= 11 is 0. The Hall–Kier alpha value is -7.98. The Morgan fingerprint density at radius 2 is 0.923 bits per heavy atom. The van der Waals surface area contributed by atoms with Crippen LogP contribution in [0.3, 0.4) is 0 Å². The van der Waals surface area contributed by atoms with Crippen molar-refractivity contribution in [1.82, 2.24) is 5.32 Å². The number of aryl methyl sites for hydroxylation is 1. The van der Waals surface area contributed by atoms with E-state index in [1.807, 2.05) is 110 Å². The first-order valence-corrected chi connectivity index (χ1v) is 21.8. The molecule has 3 amide bonds. The van der Waals surface area contributed by atoms with Gasteiger partial charge in [-0.2, -0.15) is 0 Å². The van der Waals surface area contributed by atoms with E-state index in [1.165, 1.54) is 0 Å². The topological polar surface area (TPSA) is 143 Å². The van der Waals surface area contributed by atoms with Crippen molar-refractivity contribution < 1.29 is 33.8 Å². The number of hydrogen-bond donors (Lipinski definition) is 4. The molecule has 0 fully saturated rings. The molecule has 5 aliphatic rings. The fraction of sp³-hybridized carbons (Fsp3) is 0.164. The molecule has 320 valence electrons. The molecule has 12 rings (SSSR count). The molecule has 7 aromatic rings. The summed E-state index contributed by atoms with van der Waals surface area (Å²) in [5.74, 6) is -2.01. The van der Waals surface area contributed by atoms with Gasteiger partial charge in [0.05, 0.1) is 6.42 Å². The molecule has 0 spiro atoms. The summed E-state index contributed by atoms with van der Waals surface area (Å²) in [6.45, 7) is 2.11. The minimum atomic E-state index is -1.50. The minimum Gasteiger partial charge on any atom is -0.481 e. The number of rotatable bonds is 10. The number of ether oxygens (including phenoxy) is 2. The van der Waals surface area contributed by atoms with Crippen molar-refractivity contribution in [2.75, 3.05) is 30.4 Å². The van der Waals surface area contributed by atoms with E-state index in [9.17, 15) is 19.5 Å². The van der Waals surface area contributed by atoms with Gasteiger partial charge in [-0.3, -0.25) is 20.2 Å². The molecule has 2 bridgehead atoms. The number of aliphatic carboxylic acids is 1. The Kier molecular flexibility index (Phi) is 9.61. The molecule has 0 saturated heterocycles. The van der Waals surface area contributed by atoms with Crippen molar-refractivity contribution in [2.24, 2.45) is 0 Å². The zero-order valence-corrected chi connectivity index (χ0v) is 35.4. The van der Waals surface area contributed by atoms with Crippen LogP contribution in [0, 0.1) is 6.92 Å². The lowest BCUT2D eigenvalue weighted by Crippen LogP contribution is -2.53. The normalized spacial score (nSPS) is 16.7. The van der Waals surface area contributed by atoms with E-state index < -0.39 is 29.5 Å². The van der Waals surface area contributed by atoms with Gasteiger partial charge in [-0.1, -0.05) is 133 Å². The number of carboxylic acid groups (broad SMARTS) is 1. The van der Waals surface area contributed by atoms with E-state index in [0.29, 0.717) is 22.5 Å². The maximum Gasteiger partial charge on any atom is 0.411 e. The van der Waals surface area contributed by atoms with E-state index >= 15 is 4.79 Å². The van der Waals surface area contributed by atoms with Gasteiger partial charge in [0.1, 0.15) is 18.6 Å². The van der Waals surface area contributed by atoms with Crippen molar-refractivity contribution in [3.05, 3.63) is 213 Å². The first-order valence-electron chi connectivity index (χ1n) is 21.8. The molecule has 0 radical (unpaired) electrons. The Morgan fingerprint density at radius 1 is 0.523 bits per heavy atom. The highest BCUT2D eigenvalue weighted by atomic mass is 16.6. The maximum atomic E-state index is 15.2. The lowest BCUT2D eigenvalue weighted by Gasteiger charge is -2.49. The van der Waals surface area contributed by atoms with Crippen molar-refractivity contribution in [3.8, 4) is 22.3 Å². The Balaban J connectivity index is 0.917. The predicted octanol–water partition coefficient (Wildman–Crippen LogP) is 10.4. The quantitative estimate of drug-likeness (QED) is 0.107. The molecule has 10 nitrogen and oxygen atoms in total. The fourth-order valence-electron chi connectivity index (χ4n) is 10.9. The van der Waals surface area contributed by atoms with Crippen LogP contribution in [0.25, 0.3) is 22.3 Å². The van der Waals surface area contributed by atoms with Gasteiger partial charge >= 0.3 is 18.2 Å². The Labute approximate surface area is 375 Å². The summed E-state index contributed by atoms with van der Waals surface area (Å²) in [5.41, 5.74) is 13.9. The second-order valence-corrected chi connectivity index (χ2v) is 17.2. The largest absolute Gasteiger partial charge is 0.481 e. The zero-order chi connectivity index (χ0) is 44.4. The van der Waals surface area contributed by atoms with E-state index in [1.54, 1.807) is 0 Å². The van der Waals surface area contributed by atoms with Crippen LogP contribution in [0.2, 0.25) is 0 Å². The highest BCUT2D eigenvalue weighted by molar-refractivity contribution is 6.02. The van der Waals surface area contributed by atoms with Crippen molar-refractivity contribution in [2.45, 2.75) is 36.5 Å². The molecular formula is C55H43N3O7. The van der Waals surface area contributed by atoms with Crippen LogP contribution in [0.15, 0.2) is 152 Å². The van der Waals surface area contributed by atoms with Gasteiger partial charge in [0.15, 0.2) is 0 Å². The number of carbonyl (C=O) groups is 4. The lowest BCUT2D eigenvalue weighted by molar-refractivity contribution is -0.137. The molecule has 10 heteroatoms. The molecule has 0 aromatic heterocycles. The fourth-order valence-corrected chi connectivity index (χ4v) is 10.9. The molecule has 4 N–H and O–H groups in total. The standard InChI is InChI=1S/C55H43N3O7/c1-31-18-21-42-47(26-31)55(52(61)56-25-24-50(59)60)48-27-32(57-53(62)64-29-45-38-14-6-2-10-34(38)35-11-3-7-15-39(35)45)19-22-43(48)51(42)44-23-20-33(28-49(44)55)58-54(63)65-30-46-40-16-8-4-12-36(40)37-13-5-9-17-41(37)46/h2-23,26-28,45-46,51H,24-25,29-30H2,1H3,(H,56,61)(H,57,62)(H,58,63)(H,59,60). The van der Waals surface area contributed by atoms with Crippen LogP contribution < -0.4 is 16.0 Å². The average Bonchev–Trinajstić information content (AvgIpc) is 3.81. The maximum absolute atomic E-state index is 15.2. The van der Waals surface area contributed by atoms with Gasteiger partial charge in [-0.15, -0.1) is 0 Å². The molecular weight excluding hydrogens is 815 g/mol. The third-order valence-electron chi connectivity index (χ3n) is 13.6. The second-order valence-electron chi connectivity index (χ2n) is 17.2. The molecule has 0 atom stereocenters. The number of carboxylic acids is 1. The molecule has 7 aromatic carbocycles. The van der Waals surface area contributed by atoms with Crippen LogP contribution in [0.1, 0.15) is 85.4 Å². The smallest absolute Gasteiger partial charge is 0.411 e. The van der Waals surface area contributed by atoms with Crippen molar-refractivity contribution in [1.29, 1.82) is 0 Å². The third kappa shape index (κ3) is 6.46. The first-order chi connectivity index (χ1) is 31.7. The van der Waals surface area contributed by atoms with Crippen LogP contribution in [0.4, 0.5) is 21.0 Å². The number of hydrogen-bond acceptors (Lipinski definition) is 6. The number of anilines is 2. The van der Waals surface area contributed by atoms with Crippen LogP contribution in [0.5, 0.6) is 0 Å². The Morgan fingerprint density at radius 3 is 1.35 bits per heavy atom. The summed E-state index contributed by atoms with van der Waals surface area (Å²) in [4.78, 5) is 54.2. The van der Waals surface area contributed by atoms with Gasteiger partial charge in [-0.05, 0) is 109 Å². The summed E-state index contributed by atoms with van der Waals surface area (Å²) in [6.07, 6.45) is -1.56. The SMILES string of the molecule is Cc1ccc2c(c1)C1(C(=O)NCCC(=O)O)c3cc(NC(=O)OCC4c5ccccc5-c5ccccc54)ccc3C2c2ccc(NC(=O)OCC3c4ccccc4-c4ccccc43)cc21. The highest BCUT2D eigenvalue weighted by Gasteiger charge is 2.56. The van der Waals surface area contributed by atoms with Gasteiger partial charge < -0.3 is 19.9 Å². The van der Waals surface area contributed by atoms with Crippen molar-refractivity contribution >= 4 is 35.4 Å². The zero-order valence-electron chi connectivity index (χ0n) is 35.4. The van der Waals surface area contributed by atoms with Gasteiger partial charge in [0, 0.05) is 35.7 Å². The van der Waals surface area contributed by atoms with Crippen molar-refractivity contribution in [3.63, 3.8) is 0 Å². The predicted molar refractivity (Wildman–Crippen MR) is 248 cm³/mol. The number of benzene rings is 7. The summed E-state index contributed by atoms with van der Waals surface area (Å²) < 4.78 is 11.9. The van der Waals surface area contributed by atoms with Gasteiger partial charge in [0.25, 0.3) is 0 Å². The summed E-state index contributed by atoms with van der Waals surface area (Å²) in [7, 11) is 0. The average molecular weight is 858 g/mol. The number of carbonyl (C=O) groups excluding carboxylic acids is 3. The van der Waals surface area contributed by atoms with E-state index in [-0.39, 0.29) is 43.9 Å². The first kappa shape index (κ1) is 39.8. The molecule has 0 unspecified atom stereocenters. The van der Waals surface area contributed by atoms with E-state index in [4.69, 9.17) is 9.47 Å². The molecule has 0 saturated carbocycles. The number of fused-ring (bicyclic) bond motifs is 6. The molecule has 0 heterocycles. The highest BCUT2D eigenvalue weighted by Crippen LogP contribution is 2.60. The lowest BCUT2D eigenvalue weighted by atomic mass is 9.52. The minimum absolute atomic E-state index is 0.111. The third-order valence-corrected chi connectivity index (χ3v) is 13.6. The summed E-state index contributed by atoms with van der Waals surface area (Å²) in [5, 5.41) is 18.4.